The van der Waals surface area contributed by atoms with E-state index in [1.165, 1.54) is 5.56 Å². The lowest BCUT2D eigenvalue weighted by atomic mass is 9.96. The molecule has 3 rings (SSSR count). The van der Waals surface area contributed by atoms with Crippen LogP contribution in [0.25, 0.3) is 5.57 Å². The van der Waals surface area contributed by atoms with Gasteiger partial charge in [-0.2, -0.15) is 0 Å². The monoisotopic (exact) mass is 482 g/mol. The summed E-state index contributed by atoms with van der Waals surface area (Å²) in [4.78, 5) is 20.9. The molecule has 3 aromatic rings. The predicted octanol–water partition coefficient (Wildman–Crippen LogP) is 5.73. The highest BCUT2D eigenvalue weighted by molar-refractivity contribution is 5.89. The number of carbonyl (C=O) groups excluding carboxylic acids is 1. The minimum absolute atomic E-state index is 0.0783. The summed E-state index contributed by atoms with van der Waals surface area (Å²) in [6.07, 6.45) is 12.1. The molecular weight excluding hydrogens is 444 g/mol. The summed E-state index contributed by atoms with van der Waals surface area (Å²) in [6, 6.07) is 21.1. The number of hydrogen-bond donors (Lipinski definition) is 1. The number of anilines is 2. The standard InChI is InChI=1S/C31H38N4O/c1-24(9-6-10-25-11-8-22-32-23-25)33-31(36)13-7-12-30(26-14-18-28(19-15-26)34(2)3)27-16-20-29(21-17-27)35(4)5/h7-8,11-24H,6,9-10H2,1-5H3,(H,33,36)/b13-7+/t24-/m1/s1. The molecule has 1 aromatic heterocycles. The number of allylic oxidation sites excluding steroid dienone is 2. The van der Waals surface area contributed by atoms with Crippen LogP contribution in [0.4, 0.5) is 11.4 Å². The minimum Gasteiger partial charge on any atom is -0.378 e. The smallest absolute Gasteiger partial charge is 0.244 e. The van der Waals surface area contributed by atoms with Crippen LogP contribution in [0.2, 0.25) is 0 Å². The first-order valence-corrected chi connectivity index (χ1v) is 12.5. The van der Waals surface area contributed by atoms with Crippen molar-refractivity contribution in [2.75, 3.05) is 38.0 Å². The van der Waals surface area contributed by atoms with Gasteiger partial charge in [-0.05, 0) is 78.8 Å². The number of nitrogens with zero attached hydrogens (tertiary/aromatic N) is 3. The van der Waals surface area contributed by atoms with Crippen LogP contribution in [0.1, 0.15) is 36.5 Å². The van der Waals surface area contributed by atoms with E-state index in [0.29, 0.717) is 0 Å². The third-order valence-electron chi connectivity index (χ3n) is 6.11. The molecule has 1 heterocycles. The number of carbonyl (C=O) groups is 1. The van der Waals surface area contributed by atoms with Crippen LogP contribution in [0.5, 0.6) is 0 Å². The number of rotatable bonds is 11. The molecule has 5 nitrogen and oxygen atoms in total. The van der Waals surface area contributed by atoms with E-state index in [2.05, 4.69) is 81.6 Å². The van der Waals surface area contributed by atoms with Crippen molar-refractivity contribution in [1.29, 1.82) is 0 Å². The number of aryl methyl sites for hydroxylation is 1. The maximum atomic E-state index is 12.5. The van der Waals surface area contributed by atoms with E-state index in [1.54, 1.807) is 12.3 Å². The molecule has 0 radical (unpaired) electrons. The van der Waals surface area contributed by atoms with Crippen LogP contribution >= 0.6 is 0 Å². The van der Waals surface area contributed by atoms with E-state index in [1.807, 2.05) is 52.6 Å². The molecule has 1 atom stereocenters. The normalized spacial score (nSPS) is 11.7. The van der Waals surface area contributed by atoms with Gasteiger partial charge >= 0.3 is 0 Å². The van der Waals surface area contributed by atoms with Gasteiger partial charge in [-0.3, -0.25) is 9.78 Å². The minimum atomic E-state index is -0.0783. The number of pyridine rings is 1. The van der Waals surface area contributed by atoms with E-state index < -0.39 is 0 Å². The van der Waals surface area contributed by atoms with Gasteiger partial charge in [0.05, 0.1) is 0 Å². The third-order valence-corrected chi connectivity index (χ3v) is 6.11. The highest BCUT2D eigenvalue weighted by Gasteiger charge is 2.08. The Morgan fingerprint density at radius 3 is 2.00 bits per heavy atom. The Hall–Kier alpha value is -3.86. The average Bonchev–Trinajstić information content (AvgIpc) is 2.87. The molecule has 0 aliphatic heterocycles. The maximum Gasteiger partial charge on any atom is 0.244 e. The summed E-state index contributed by atoms with van der Waals surface area (Å²) in [7, 11) is 8.14. The number of amides is 1. The Labute approximate surface area is 216 Å². The van der Waals surface area contributed by atoms with E-state index >= 15 is 0 Å². The molecule has 0 spiro atoms. The Morgan fingerprint density at radius 2 is 1.50 bits per heavy atom. The van der Waals surface area contributed by atoms with Crippen LogP contribution in [-0.2, 0) is 11.2 Å². The van der Waals surface area contributed by atoms with Crippen LogP contribution in [-0.4, -0.2) is 45.1 Å². The van der Waals surface area contributed by atoms with E-state index in [9.17, 15) is 4.79 Å². The van der Waals surface area contributed by atoms with E-state index in [-0.39, 0.29) is 11.9 Å². The highest BCUT2D eigenvalue weighted by Crippen LogP contribution is 2.27. The Balaban J connectivity index is 1.68. The molecule has 2 aromatic carbocycles. The number of aromatic nitrogens is 1. The molecule has 0 unspecified atom stereocenters. The zero-order valence-electron chi connectivity index (χ0n) is 22.1. The van der Waals surface area contributed by atoms with Gasteiger partial charge in [0.2, 0.25) is 5.91 Å². The zero-order valence-corrected chi connectivity index (χ0v) is 22.1. The quantitative estimate of drug-likeness (QED) is 0.280. The fraction of sp³-hybridized carbons (Fsp3) is 0.290. The molecule has 0 saturated heterocycles. The van der Waals surface area contributed by atoms with Crippen LogP contribution < -0.4 is 15.1 Å². The van der Waals surface area contributed by atoms with Crippen molar-refractivity contribution < 1.29 is 4.79 Å². The molecular formula is C31H38N4O. The fourth-order valence-corrected chi connectivity index (χ4v) is 3.99. The summed E-state index contributed by atoms with van der Waals surface area (Å²) in [5, 5.41) is 3.08. The first-order chi connectivity index (χ1) is 17.3. The number of nitrogens with one attached hydrogen (secondary N) is 1. The zero-order chi connectivity index (χ0) is 25.9. The lowest BCUT2D eigenvalue weighted by molar-refractivity contribution is -0.117. The molecule has 1 N–H and O–H groups in total. The number of hydrogen-bond acceptors (Lipinski definition) is 4. The van der Waals surface area contributed by atoms with Gasteiger partial charge < -0.3 is 15.1 Å². The predicted molar refractivity (Wildman–Crippen MR) is 153 cm³/mol. The highest BCUT2D eigenvalue weighted by atomic mass is 16.1. The van der Waals surface area contributed by atoms with Crippen molar-refractivity contribution in [3.8, 4) is 0 Å². The fourth-order valence-electron chi connectivity index (χ4n) is 3.99. The largest absolute Gasteiger partial charge is 0.378 e. The summed E-state index contributed by atoms with van der Waals surface area (Å²) >= 11 is 0. The van der Waals surface area contributed by atoms with E-state index in [4.69, 9.17) is 0 Å². The van der Waals surface area contributed by atoms with Crippen molar-refractivity contribution in [2.45, 2.75) is 32.2 Å². The van der Waals surface area contributed by atoms with Crippen molar-refractivity contribution in [1.82, 2.24) is 10.3 Å². The van der Waals surface area contributed by atoms with Gasteiger partial charge in [0, 0.05) is 64.1 Å². The molecule has 1 amide bonds. The molecule has 0 saturated carbocycles. The third kappa shape index (κ3) is 8.12. The lowest BCUT2D eigenvalue weighted by Gasteiger charge is -2.16. The van der Waals surface area contributed by atoms with E-state index in [0.717, 1.165) is 47.3 Å². The molecule has 0 aliphatic rings. The molecule has 0 fully saturated rings. The van der Waals surface area contributed by atoms with Crippen molar-refractivity contribution in [2.24, 2.45) is 0 Å². The van der Waals surface area contributed by atoms with Crippen LogP contribution in [0.3, 0.4) is 0 Å². The first kappa shape index (κ1) is 26.7. The van der Waals surface area contributed by atoms with Crippen molar-refractivity contribution >= 4 is 22.9 Å². The van der Waals surface area contributed by atoms with Gasteiger partial charge in [-0.1, -0.05) is 42.5 Å². The van der Waals surface area contributed by atoms with Crippen LogP contribution in [0, 0.1) is 0 Å². The van der Waals surface area contributed by atoms with Gasteiger partial charge in [0.1, 0.15) is 0 Å². The second-order valence-corrected chi connectivity index (χ2v) is 9.49. The van der Waals surface area contributed by atoms with Gasteiger partial charge in [-0.15, -0.1) is 0 Å². The van der Waals surface area contributed by atoms with Crippen molar-refractivity contribution in [3.63, 3.8) is 0 Å². The Kier molecular flexibility index (Phi) is 9.87. The first-order valence-electron chi connectivity index (χ1n) is 12.5. The molecule has 188 valence electrons. The second kappa shape index (κ2) is 13.3. The molecule has 5 heteroatoms. The van der Waals surface area contributed by atoms with Gasteiger partial charge in [0.15, 0.2) is 0 Å². The topological polar surface area (TPSA) is 48.5 Å². The van der Waals surface area contributed by atoms with Gasteiger partial charge in [-0.25, -0.2) is 0 Å². The van der Waals surface area contributed by atoms with Gasteiger partial charge in [0.25, 0.3) is 0 Å². The molecule has 36 heavy (non-hydrogen) atoms. The summed E-state index contributed by atoms with van der Waals surface area (Å²) in [5.41, 5.74) is 6.80. The summed E-state index contributed by atoms with van der Waals surface area (Å²) < 4.78 is 0. The number of benzene rings is 2. The summed E-state index contributed by atoms with van der Waals surface area (Å²) in [6.45, 7) is 2.05. The average molecular weight is 483 g/mol. The maximum absolute atomic E-state index is 12.5. The molecule has 0 aliphatic carbocycles. The Bertz CT molecular complexity index is 1090. The van der Waals surface area contributed by atoms with Crippen LogP contribution in [0.15, 0.2) is 91.3 Å². The molecule has 0 bridgehead atoms. The second-order valence-electron chi connectivity index (χ2n) is 9.49. The van der Waals surface area contributed by atoms with Crippen molar-refractivity contribution in [3.05, 3.63) is 108 Å². The lowest BCUT2D eigenvalue weighted by Crippen LogP contribution is -2.31. The Morgan fingerprint density at radius 1 is 0.917 bits per heavy atom. The SMILES string of the molecule is C[C@H](CCCc1cccnc1)NC(=O)/C=C/C=C(c1ccc(N(C)C)cc1)c1ccc(N(C)C)cc1. The summed E-state index contributed by atoms with van der Waals surface area (Å²) in [5.74, 6) is -0.0783.